The monoisotopic (exact) mass is 91.0 g/mol. The maximum atomic E-state index is 3.72. The van der Waals surface area contributed by atoms with Crippen LogP contribution in [0, 0.1) is 0 Å². The summed E-state index contributed by atoms with van der Waals surface area (Å²) in [7, 11) is 0. The maximum Gasteiger partial charge on any atom is 0.0451 e. The third-order valence-electron chi connectivity index (χ3n) is 0.478. The normalized spacial score (nSPS) is 6.86. The van der Waals surface area contributed by atoms with Gasteiger partial charge in [-0.2, -0.15) is 0 Å². The molecular weight excluding hydrogens is 86.9 g/mol. The van der Waals surface area contributed by atoms with Crippen molar-refractivity contribution in [3.8, 4) is 0 Å². The van der Waals surface area contributed by atoms with Crippen LogP contribution in [0.1, 0.15) is 0 Å². The van der Waals surface area contributed by atoms with Crippen molar-refractivity contribution < 1.29 is 0 Å². The number of nitrogens with zero attached hydrogens (tertiary/aromatic N) is 2. The molecule has 1 rings (SSSR count). The van der Waals surface area contributed by atoms with Crippen molar-refractivity contribution in [3.63, 3.8) is 0 Å². The van der Waals surface area contributed by atoms with Crippen LogP contribution in [0.15, 0.2) is 24.8 Å². The standard InChI is InChI=1S/C4H4N2.B/c1-2-6-4-3-5-1;/h1-4H;. The topological polar surface area (TPSA) is 25.8 Å². The van der Waals surface area contributed by atoms with Gasteiger partial charge in [0.2, 0.25) is 0 Å². The van der Waals surface area contributed by atoms with E-state index >= 15 is 0 Å². The number of hydrogen-bond donors (Lipinski definition) is 0. The van der Waals surface area contributed by atoms with Gasteiger partial charge in [-0.05, 0) is 0 Å². The van der Waals surface area contributed by atoms with Crippen molar-refractivity contribution >= 4 is 8.41 Å². The van der Waals surface area contributed by atoms with E-state index in [4.69, 9.17) is 0 Å². The van der Waals surface area contributed by atoms with E-state index < -0.39 is 0 Å². The van der Waals surface area contributed by atoms with Gasteiger partial charge in [0, 0.05) is 33.2 Å². The molecule has 0 aliphatic carbocycles. The molecule has 0 saturated heterocycles. The van der Waals surface area contributed by atoms with Crippen molar-refractivity contribution in [2.24, 2.45) is 0 Å². The molecule has 0 saturated carbocycles. The van der Waals surface area contributed by atoms with Crippen molar-refractivity contribution in [1.29, 1.82) is 0 Å². The Hall–Kier alpha value is -0.855. The Balaban J connectivity index is 0.000000360. The second-order valence-electron chi connectivity index (χ2n) is 0.894. The highest BCUT2D eigenvalue weighted by Crippen LogP contribution is 1.65. The minimum Gasteiger partial charge on any atom is -0.262 e. The highest BCUT2D eigenvalue weighted by Gasteiger charge is 1.59. The fourth-order valence-electron chi connectivity index (χ4n) is 0.253. The minimum absolute atomic E-state index is 0. The number of hydrogen-bond acceptors (Lipinski definition) is 2. The average molecular weight is 90.9 g/mol. The second-order valence-corrected chi connectivity index (χ2v) is 0.894. The van der Waals surface area contributed by atoms with Crippen LogP contribution in [-0.2, 0) is 0 Å². The predicted molar refractivity (Wildman–Crippen MR) is 27.8 cm³/mol. The van der Waals surface area contributed by atoms with Gasteiger partial charge in [0.05, 0.1) is 0 Å². The molecule has 1 heterocycles. The summed E-state index contributed by atoms with van der Waals surface area (Å²) in [6.45, 7) is 0. The molecule has 0 amide bonds. The number of aromatic nitrogens is 2. The highest BCUT2D eigenvalue weighted by molar-refractivity contribution is 5.75. The smallest absolute Gasteiger partial charge is 0.0451 e. The fourth-order valence-corrected chi connectivity index (χ4v) is 0.253. The summed E-state index contributed by atoms with van der Waals surface area (Å²) >= 11 is 0. The molecule has 0 N–H and O–H groups in total. The van der Waals surface area contributed by atoms with E-state index in [0.29, 0.717) is 0 Å². The first-order valence-electron chi connectivity index (χ1n) is 1.70. The molecule has 0 aromatic carbocycles. The molecule has 0 spiro atoms. The zero-order valence-electron chi connectivity index (χ0n) is 3.78. The van der Waals surface area contributed by atoms with E-state index in [2.05, 4.69) is 9.97 Å². The summed E-state index contributed by atoms with van der Waals surface area (Å²) in [5, 5.41) is 0. The van der Waals surface area contributed by atoms with Crippen molar-refractivity contribution in [2.45, 2.75) is 0 Å². The molecule has 2 nitrogen and oxygen atoms in total. The Labute approximate surface area is 44.2 Å². The molecule has 3 heteroatoms. The SMILES string of the molecule is [B].c1cnccn1. The summed E-state index contributed by atoms with van der Waals surface area (Å²) in [6, 6.07) is 0. The van der Waals surface area contributed by atoms with Crippen molar-refractivity contribution in [1.82, 2.24) is 9.97 Å². The third-order valence-corrected chi connectivity index (χ3v) is 0.478. The summed E-state index contributed by atoms with van der Waals surface area (Å²) < 4.78 is 0. The van der Waals surface area contributed by atoms with E-state index in [1.807, 2.05) is 0 Å². The Morgan fingerprint density at radius 2 is 1.00 bits per heavy atom. The van der Waals surface area contributed by atoms with Crippen LogP contribution in [-0.4, -0.2) is 18.4 Å². The molecule has 0 unspecified atom stereocenters. The van der Waals surface area contributed by atoms with Crippen molar-refractivity contribution in [3.05, 3.63) is 24.8 Å². The summed E-state index contributed by atoms with van der Waals surface area (Å²) in [6.07, 6.45) is 6.56. The van der Waals surface area contributed by atoms with Gasteiger partial charge in [-0.25, -0.2) is 0 Å². The van der Waals surface area contributed by atoms with Crippen molar-refractivity contribution in [2.75, 3.05) is 0 Å². The largest absolute Gasteiger partial charge is 0.262 e. The van der Waals surface area contributed by atoms with E-state index in [0.717, 1.165) is 0 Å². The first-order chi connectivity index (χ1) is 3.00. The Morgan fingerprint density at radius 3 is 1.14 bits per heavy atom. The molecule has 3 radical (unpaired) electrons. The van der Waals surface area contributed by atoms with Gasteiger partial charge < -0.3 is 0 Å². The van der Waals surface area contributed by atoms with Crippen LogP contribution in [0.5, 0.6) is 0 Å². The molecule has 33 valence electrons. The van der Waals surface area contributed by atoms with E-state index in [1.165, 1.54) is 0 Å². The van der Waals surface area contributed by atoms with E-state index in [1.54, 1.807) is 24.8 Å². The molecule has 0 atom stereocenters. The maximum absolute atomic E-state index is 3.72. The predicted octanol–water partition coefficient (Wildman–Crippen LogP) is 0.0958. The van der Waals surface area contributed by atoms with E-state index in [-0.39, 0.29) is 8.41 Å². The second kappa shape index (κ2) is 3.34. The van der Waals surface area contributed by atoms with Gasteiger partial charge in [-0.15, -0.1) is 0 Å². The molecule has 7 heavy (non-hydrogen) atoms. The first kappa shape index (κ1) is 6.14. The molecule has 1 aromatic heterocycles. The van der Waals surface area contributed by atoms with Gasteiger partial charge in [0.1, 0.15) is 0 Å². The molecule has 1 aromatic rings. The summed E-state index contributed by atoms with van der Waals surface area (Å²) in [5.41, 5.74) is 0. The fraction of sp³-hybridized carbons (Fsp3) is 0. The van der Waals surface area contributed by atoms with Gasteiger partial charge in [0.25, 0.3) is 0 Å². The Morgan fingerprint density at radius 1 is 0.714 bits per heavy atom. The number of rotatable bonds is 0. The average Bonchev–Trinajstić information content (AvgIpc) is 1.72. The Kier molecular flexibility index (Phi) is 2.93. The van der Waals surface area contributed by atoms with Gasteiger partial charge in [0.15, 0.2) is 0 Å². The lowest BCUT2D eigenvalue weighted by atomic mass is 10.8. The van der Waals surface area contributed by atoms with Crippen LogP contribution in [0.4, 0.5) is 0 Å². The molecular formula is C4H4BN2. The molecule has 0 fully saturated rings. The Bertz CT molecular complexity index is 81.6. The van der Waals surface area contributed by atoms with Crippen LogP contribution >= 0.6 is 0 Å². The lowest BCUT2D eigenvalue weighted by Crippen LogP contribution is -1.66. The van der Waals surface area contributed by atoms with Crippen LogP contribution in [0.2, 0.25) is 0 Å². The lowest BCUT2D eigenvalue weighted by Gasteiger charge is -1.70. The molecule has 0 aliphatic rings. The van der Waals surface area contributed by atoms with Crippen LogP contribution in [0.25, 0.3) is 0 Å². The minimum atomic E-state index is 0. The van der Waals surface area contributed by atoms with Crippen LogP contribution in [0.3, 0.4) is 0 Å². The summed E-state index contributed by atoms with van der Waals surface area (Å²) in [5.74, 6) is 0. The molecule has 0 bridgehead atoms. The highest BCUT2D eigenvalue weighted by atomic mass is 14.7. The quantitative estimate of drug-likeness (QED) is 0.423. The van der Waals surface area contributed by atoms with Crippen LogP contribution < -0.4 is 0 Å². The zero-order valence-corrected chi connectivity index (χ0v) is 3.78. The van der Waals surface area contributed by atoms with E-state index in [9.17, 15) is 0 Å². The van der Waals surface area contributed by atoms with Gasteiger partial charge in [-0.1, -0.05) is 0 Å². The first-order valence-corrected chi connectivity index (χ1v) is 1.70. The molecule has 0 aliphatic heterocycles. The third kappa shape index (κ3) is 1.92. The van der Waals surface area contributed by atoms with Gasteiger partial charge in [-0.3, -0.25) is 9.97 Å². The lowest BCUT2D eigenvalue weighted by molar-refractivity contribution is 1.20. The van der Waals surface area contributed by atoms with Gasteiger partial charge >= 0.3 is 0 Å². The summed E-state index contributed by atoms with van der Waals surface area (Å²) in [4.78, 5) is 7.44. The zero-order chi connectivity index (χ0) is 4.24.